The molecule has 0 saturated carbocycles. The molecule has 3 aromatic carbocycles. The largest absolute Gasteiger partial charge is 0.324 e. The number of likely N-dealkylation sites (N-methyl/N-ethyl adjacent to an activating group) is 2. The van der Waals surface area contributed by atoms with Gasteiger partial charge in [-0.25, -0.2) is 4.39 Å². The molecule has 0 radical (unpaired) electrons. The zero-order valence-electron chi connectivity index (χ0n) is 21.0. The molecule has 3 aromatic rings. The zero-order valence-corrected chi connectivity index (χ0v) is 22.5. The first kappa shape index (κ1) is 25.3. The SMILES string of the molecule is CN1C/C(=C\c2ccc(Cl)cc2)C(=O)[C@@]2(C1)[C@H](c1ccc(Cl)cc1)CN(C)[C@]21C(=O)Nc2ccc(F)cc21. The maximum Gasteiger partial charge on any atom is 0.250 e. The van der Waals surface area contributed by atoms with Crippen molar-refractivity contribution in [2.45, 2.75) is 11.5 Å². The van der Waals surface area contributed by atoms with Gasteiger partial charge in [0.15, 0.2) is 5.78 Å². The Morgan fingerprint density at radius 2 is 1.63 bits per heavy atom. The molecule has 2 saturated heterocycles. The normalized spacial score (nSPS) is 28.4. The summed E-state index contributed by atoms with van der Waals surface area (Å²) < 4.78 is 14.8. The van der Waals surface area contributed by atoms with Gasteiger partial charge in [0.1, 0.15) is 11.4 Å². The molecule has 2 spiro atoms. The fraction of sp³-hybridized carbons (Fsp3) is 0.267. The molecule has 194 valence electrons. The van der Waals surface area contributed by atoms with E-state index in [-0.39, 0.29) is 17.6 Å². The molecule has 5 nitrogen and oxygen atoms in total. The third-order valence-corrected chi connectivity index (χ3v) is 8.86. The first-order valence-corrected chi connectivity index (χ1v) is 13.2. The molecule has 0 bridgehead atoms. The van der Waals surface area contributed by atoms with E-state index in [9.17, 15) is 14.0 Å². The Morgan fingerprint density at radius 1 is 0.974 bits per heavy atom. The van der Waals surface area contributed by atoms with Gasteiger partial charge in [0, 0.05) is 52.4 Å². The highest BCUT2D eigenvalue weighted by atomic mass is 35.5. The number of carbonyl (C=O) groups excluding carboxylic acids is 2. The summed E-state index contributed by atoms with van der Waals surface area (Å²) in [5.41, 5.74) is 0.731. The number of fused-ring (bicyclic) bond motifs is 3. The second-order valence-electron chi connectivity index (χ2n) is 10.5. The number of nitrogens with zero attached hydrogens (tertiary/aromatic N) is 2. The third kappa shape index (κ3) is 3.51. The van der Waals surface area contributed by atoms with Crippen molar-refractivity contribution < 1.29 is 14.0 Å². The van der Waals surface area contributed by atoms with Crippen LogP contribution in [0.4, 0.5) is 10.1 Å². The van der Waals surface area contributed by atoms with Crippen molar-refractivity contribution >= 4 is 46.7 Å². The molecule has 1 amide bonds. The van der Waals surface area contributed by atoms with E-state index in [1.807, 2.05) is 49.3 Å². The van der Waals surface area contributed by atoms with Crippen molar-refractivity contribution in [2.75, 3.05) is 39.0 Å². The van der Waals surface area contributed by atoms with Gasteiger partial charge in [0.25, 0.3) is 5.91 Å². The number of benzene rings is 3. The van der Waals surface area contributed by atoms with E-state index >= 15 is 0 Å². The molecule has 1 N–H and O–H groups in total. The van der Waals surface area contributed by atoms with E-state index in [2.05, 4.69) is 10.2 Å². The summed E-state index contributed by atoms with van der Waals surface area (Å²) in [6.45, 7) is 1.18. The fourth-order valence-corrected chi connectivity index (χ4v) is 7.20. The first-order chi connectivity index (χ1) is 18.2. The topological polar surface area (TPSA) is 52.7 Å². The summed E-state index contributed by atoms with van der Waals surface area (Å²) in [6, 6.07) is 19.1. The number of anilines is 1. The van der Waals surface area contributed by atoms with Crippen molar-refractivity contribution in [1.82, 2.24) is 9.80 Å². The van der Waals surface area contributed by atoms with E-state index in [0.717, 1.165) is 11.1 Å². The molecule has 8 heteroatoms. The second kappa shape index (κ2) is 9.02. The molecule has 0 aromatic heterocycles. The molecule has 6 rings (SSSR count). The van der Waals surface area contributed by atoms with Gasteiger partial charge in [0.2, 0.25) is 0 Å². The van der Waals surface area contributed by atoms with Gasteiger partial charge < -0.3 is 10.2 Å². The molecular formula is C30H26Cl2FN3O2. The lowest BCUT2D eigenvalue weighted by atomic mass is 9.56. The summed E-state index contributed by atoms with van der Waals surface area (Å²) in [5, 5.41) is 4.17. The van der Waals surface area contributed by atoms with Crippen molar-refractivity contribution in [2.24, 2.45) is 5.41 Å². The molecule has 38 heavy (non-hydrogen) atoms. The van der Waals surface area contributed by atoms with E-state index in [1.54, 1.807) is 30.3 Å². The molecule has 0 unspecified atom stereocenters. The van der Waals surface area contributed by atoms with Crippen LogP contribution in [0.15, 0.2) is 72.3 Å². The lowest BCUT2D eigenvalue weighted by Crippen LogP contribution is -2.65. The quantitative estimate of drug-likeness (QED) is 0.423. The number of carbonyl (C=O) groups is 2. The van der Waals surface area contributed by atoms with Gasteiger partial charge in [-0.05, 0) is 73.8 Å². The molecule has 3 aliphatic heterocycles. The number of hydrogen-bond acceptors (Lipinski definition) is 4. The average Bonchev–Trinajstić information content (AvgIpc) is 3.32. The molecule has 3 aliphatic rings. The molecule has 0 aliphatic carbocycles. The van der Waals surface area contributed by atoms with Crippen molar-refractivity contribution in [3.05, 3.63) is 105 Å². The number of ketones is 1. The van der Waals surface area contributed by atoms with Crippen molar-refractivity contribution in [3.63, 3.8) is 0 Å². The highest BCUT2D eigenvalue weighted by Gasteiger charge is 2.74. The van der Waals surface area contributed by atoms with Crippen molar-refractivity contribution in [1.29, 1.82) is 0 Å². The number of halogens is 3. The van der Waals surface area contributed by atoms with Gasteiger partial charge in [-0.1, -0.05) is 47.5 Å². The maximum absolute atomic E-state index is 14.9. The minimum absolute atomic E-state index is 0.109. The molecule has 3 atom stereocenters. The Balaban J connectivity index is 1.63. The minimum Gasteiger partial charge on any atom is -0.324 e. The van der Waals surface area contributed by atoms with Crippen LogP contribution >= 0.6 is 23.2 Å². The zero-order chi connectivity index (χ0) is 26.8. The monoisotopic (exact) mass is 549 g/mol. The second-order valence-corrected chi connectivity index (χ2v) is 11.4. The van der Waals surface area contributed by atoms with Crippen LogP contribution in [0.25, 0.3) is 6.08 Å². The lowest BCUT2D eigenvalue weighted by Gasteiger charge is -2.50. The van der Waals surface area contributed by atoms with Crippen LogP contribution in [0.2, 0.25) is 10.0 Å². The summed E-state index contributed by atoms with van der Waals surface area (Å²) in [6.07, 6.45) is 1.88. The van der Waals surface area contributed by atoms with Gasteiger partial charge in [0.05, 0.1) is 5.41 Å². The Kier molecular flexibility index (Phi) is 6.00. The average molecular weight is 550 g/mol. The van der Waals surface area contributed by atoms with Gasteiger partial charge in [-0.3, -0.25) is 14.5 Å². The maximum atomic E-state index is 14.9. The lowest BCUT2D eigenvalue weighted by molar-refractivity contribution is -0.146. The van der Waals surface area contributed by atoms with E-state index < -0.39 is 16.8 Å². The fourth-order valence-electron chi connectivity index (χ4n) is 6.95. The number of amides is 1. The summed E-state index contributed by atoms with van der Waals surface area (Å²) >= 11 is 12.3. The number of Topliss-reactive ketones (excluding diaryl/α,β-unsaturated/α-hetero) is 1. The van der Waals surface area contributed by atoms with E-state index in [4.69, 9.17) is 23.2 Å². The summed E-state index contributed by atoms with van der Waals surface area (Å²) in [5.74, 6) is -1.23. The first-order valence-electron chi connectivity index (χ1n) is 12.4. The van der Waals surface area contributed by atoms with Crippen LogP contribution in [0.3, 0.4) is 0 Å². The van der Waals surface area contributed by atoms with Crippen LogP contribution in [0.5, 0.6) is 0 Å². The van der Waals surface area contributed by atoms with Gasteiger partial charge in [-0.2, -0.15) is 0 Å². The Morgan fingerprint density at radius 3 is 2.32 bits per heavy atom. The molecule has 2 fully saturated rings. The van der Waals surface area contributed by atoms with Crippen LogP contribution < -0.4 is 5.32 Å². The standard InChI is InChI=1S/C30H26Cl2FN3O2/c1-35-15-20(13-18-3-7-21(31)8-4-18)27(37)29(17-35)25(19-5-9-22(32)10-6-19)16-36(2)30(29)24-14-23(33)11-12-26(24)34-28(30)38/h3-14,25H,15-17H2,1-2H3,(H,34,38)/b20-13+/t25-,29+,30+/m0/s1. The van der Waals surface area contributed by atoms with Gasteiger partial charge >= 0.3 is 0 Å². The smallest absolute Gasteiger partial charge is 0.250 e. The third-order valence-electron chi connectivity index (χ3n) is 8.36. The summed E-state index contributed by atoms with van der Waals surface area (Å²) in [7, 11) is 3.80. The highest BCUT2D eigenvalue weighted by Crippen LogP contribution is 2.64. The van der Waals surface area contributed by atoms with Crippen LogP contribution in [0.1, 0.15) is 22.6 Å². The highest BCUT2D eigenvalue weighted by molar-refractivity contribution is 6.30. The number of hydrogen-bond donors (Lipinski definition) is 1. The van der Waals surface area contributed by atoms with Crippen LogP contribution in [0, 0.1) is 11.2 Å². The van der Waals surface area contributed by atoms with E-state index in [0.29, 0.717) is 46.5 Å². The van der Waals surface area contributed by atoms with Crippen LogP contribution in [-0.2, 0) is 15.1 Å². The number of nitrogens with one attached hydrogen (secondary N) is 1. The molecule has 3 heterocycles. The summed E-state index contributed by atoms with van der Waals surface area (Å²) in [4.78, 5) is 33.1. The predicted molar refractivity (Wildman–Crippen MR) is 148 cm³/mol. The van der Waals surface area contributed by atoms with Crippen LogP contribution in [-0.4, -0.2) is 55.2 Å². The Labute approximate surface area is 230 Å². The minimum atomic E-state index is -1.40. The molecular weight excluding hydrogens is 524 g/mol. The Hall–Kier alpha value is -3.03. The van der Waals surface area contributed by atoms with Crippen molar-refractivity contribution in [3.8, 4) is 0 Å². The van der Waals surface area contributed by atoms with Gasteiger partial charge in [-0.15, -0.1) is 0 Å². The van der Waals surface area contributed by atoms with E-state index in [1.165, 1.54) is 12.1 Å². The number of likely N-dealkylation sites (tertiary alicyclic amines) is 2. The Bertz CT molecular complexity index is 1490. The number of piperidine rings is 1. The predicted octanol–water partition coefficient (Wildman–Crippen LogP) is 5.59. The number of rotatable bonds is 2.